The molecule has 0 amide bonds. The van der Waals surface area contributed by atoms with E-state index in [1.54, 1.807) is 11.6 Å². The quantitative estimate of drug-likeness (QED) is 0.772. The largest absolute Gasteiger partial charge is 0.350 e. The van der Waals surface area contributed by atoms with Crippen molar-refractivity contribution in [2.75, 3.05) is 0 Å². The fourth-order valence-electron chi connectivity index (χ4n) is 2.00. The van der Waals surface area contributed by atoms with Crippen LogP contribution in [-0.4, -0.2) is 14.3 Å². The molecule has 0 N–H and O–H groups in total. The molecule has 4 heteroatoms. The first-order valence-corrected chi connectivity index (χ1v) is 6.04. The van der Waals surface area contributed by atoms with E-state index in [0.717, 1.165) is 5.69 Å². The molecule has 0 bridgehead atoms. The van der Waals surface area contributed by atoms with Crippen molar-refractivity contribution in [3.8, 4) is 5.69 Å². The highest BCUT2D eigenvalue weighted by Crippen LogP contribution is 2.22. The highest BCUT2D eigenvalue weighted by molar-refractivity contribution is 5.37. The van der Waals surface area contributed by atoms with Gasteiger partial charge in [-0.25, -0.2) is 14.0 Å². The maximum Gasteiger partial charge on any atom is 0.350 e. The van der Waals surface area contributed by atoms with E-state index in [1.807, 2.05) is 19.1 Å². The van der Waals surface area contributed by atoms with Crippen LogP contribution in [0.25, 0.3) is 5.69 Å². The van der Waals surface area contributed by atoms with Crippen molar-refractivity contribution in [1.29, 1.82) is 0 Å². The van der Waals surface area contributed by atoms with Gasteiger partial charge in [0.05, 0.1) is 5.69 Å². The number of aromatic nitrogens is 3. The third-order valence-electron chi connectivity index (χ3n) is 3.08. The third-order valence-corrected chi connectivity index (χ3v) is 3.08. The van der Waals surface area contributed by atoms with Gasteiger partial charge in [0.1, 0.15) is 5.82 Å². The van der Waals surface area contributed by atoms with Gasteiger partial charge in [-0.15, -0.1) is 0 Å². The minimum atomic E-state index is -0.115. The van der Waals surface area contributed by atoms with Crippen LogP contribution >= 0.6 is 0 Å². The molecular formula is C14H19N3O. The molecule has 1 aromatic heterocycles. The second kappa shape index (κ2) is 4.12. The molecule has 0 aliphatic carbocycles. The fraction of sp³-hybridized carbons (Fsp3) is 0.429. The zero-order chi connectivity index (χ0) is 13.5. The lowest BCUT2D eigenvalue weighted by Crippen LogP contribution is -2.22. The van der Waals surface area contributed by atoms with Gasteiger partial charge in [0, 0.05) is 7.05 Å². The van der Waals surface area contributed by atoms with Crippen LogP contribution in [0.5, 0.6) is 0 Å². The van der Waals surface area contributed by atoms with Crippen molar-refractivity contribution < 1.29 is 0 Å². The van der Waals surface area contributed by atoms with E-state index in [4.69, 9.17) is 0 Å². The summed E-state index contributed by atoms with van der Waals surface area (Å²) < 4.78 is 2.97. The molecule has 0 unspecified atom stereocenters. The monoisotopic (exact) mass is 245 g/mol. The van der Waals surface area contributed by atoms with Crippen molar-refractivity contribution in [3.63, 3.8) is 0 Å². The molecule has 0 radical (unpaired) electrons. The lowest BCUT2D eigenvalue weighted by atomic mass is 9.87. The lowest BCUT2D eigenvalue weighted by Gasteiger charge is -2.19. The van der Waals surface area contributed by atoms with Gasteiger partial charge >= 0.3 is 5.69 Å². The Balaban J connectivity index is 2.50. The summed E-state index contributed by atoms with van der Waals surface area (Å²) in [5, 5.41) is 4.13. The van der Waals surface area contributed by atoms with Gasteiger partial charge in [-0.1, -0.05) is 32.9 Å². The van der Waals surface area contributed by atoms with Crippen molar-refractivity contribution in [1.82, 2.24) is 14.3 Å². The second-order valence-corrected chi connectivity index (χ2v) is 5.59. The van der Waals surface area contributed by atoms with Crippen molar-refractivity contribution in [2.24, 2.45) is 7.05 Å². The Morgan fingerprint density at radius 2 is 1.67 bits per heavy atom. The van der Waals surface area contributed by atoms with Gasteiger partial charge in [0.2, 0.25) is 0 Å². The summed E-state index contributed by atoms with van der Waals surface area (Å²) >= 11 is 0. The molecule has 0 atom stereocenters. The van der Waals surface area contributed by atoms with Crippen LogP contribution in [0.2, 0.25) is 0 Å². The number of benzene rings is 1. The molecule has 1 heterocycles. The smallest absolute Gasteiger partial charge is 0.247 e. The van der Waals surface area contributed by atoms with Crippen LogP contribution < -0.4 is 5.69 Å². The summed E-state index contributed by atoms with van der Waals surface area (Å²) in [7, 11) is 1.66. The number of rotatable bonds is 1. The van der Waals surface area contributed by atoms with Crippen LogP contribution in [0.15, 0.2) is 29.1 Å². The molecule has 0 saturated carbocycles. The predicted molar refractivity (Wildman–Crippen MR) is 72.2 cm³/mol. The van der Waals surface area contributed by atoms with Gasteiger partial charge in [-0.2, -0.15) is 5.10 Å². The summed E-state index contributed by atoms with van der Waals surface area (Å²) in [6, 6.07) is 8.07. The average molecular weight is 245 g/mol. The molecule has 96 valence electrons. The first kappa shape index (κ1) is 12.6. The Hall–Kier alpha value is -1.84. The Morgan fingerprint density at radius 3 is 2.06 bits per heavy atom. The zero-order valence-corrected chi connectivity index (χ0v) is 11.6. The van der Waals surface area contributed by atoms with Crippen LogP contribution in [0.4, 0.5) is 0 Å². The van der Waals surface area contributed by atoms with Crippen molar-refractivity contribution >= 4 is 0 Å². The molecule has 0 aliphatic rings. The van der Waals surface area contributed by atoms with Gasteiger partial charge in [-0.05, 0) is 30.0 Å². The predicted octanol–water partition coefficient (Wildman–Crippen LogP) is 2.18. The third kappa shape index (κ3) is 2.10. The Kier molecular flexibility index (Phi) is 2.89. The van der Waals surface area contributed by atoms with E-state index in [9.17, 15) is 4.79 Å². The average Bonchev–Trinajstić information content (AvgIpc) is 2.52. The second-order valence-electron chi connectivity index (χ2n) is 5.59. The van der Waals surface area contributed by atoms with E-state index < -0.39 is 0 Å². The first-order valence-electron chi connectivity index (χ1n) is 6.04. The lowest BCUT2D eigenvalue weighted by molar-refractivity contribution is 0.590. The Labute approximate surface area is 107 Å². The van der Waals surface area contributed by atoms with Crippen LogP contribution in [-0.2, 0) is 12.5 Å². The Bertz CT molecular complexity index is 612. The van der Waals surface area contributed by atoms with Crippen LogP contribution in [0.3, 0.4) is 0 Å². The molecule has 2 rings (SSSR count). The highest BCUT2D eigenvalue weighted by atomic mass is 16.2. The van der Waals surface area contributed by atoms with E-state index in [0.29, 0.717) is 5.82 Å². The van der Waals surface area contributed by atoms with E-state index in [-0.39, 0.29) is 11.1 Å². The van der Waals surface area contributed by atoms with Crippen LogP contribution in [0, 0.1) is 6.92 Å². The topological polar surface area (TPSA) is 39.8 Å². The van der Waals surface area contributed by atoms with Crippen molar-refractivity contribution in [3.05, 3.63) is 46.1 Å². The molecule has 1 aromatic carbocycles. The summed E-state index contributed by atoms with van der Waals surface area (Å²) in [5.74, 6) is 0.700. The molecule has 0 saturated heterocycles. The number of hydrogen-bond donors (Lipinski definition) is 0. The Morgan fingerprint density at radius 1 is 1.11 bits per heavy atom. The standard InChI is InChI=1S/C14H19N3O/c1-10-15-16(5)13(18)17(10)12-8-6-11(7-9-12)14(2,3)4/h6-9H,1-5H3. The maximum absolute atomic E-state index is 11.9. The highest BCUT2D eigenvalue weighted by Gasteiger charge is 2.14. The first-order chi connectivity index (χ1) is 8.30. The van der Waals surface area contributed by atoms with Crippen molar-refractivity contribution in [2.45, 2.75) is 33.1 Å². The molecule has 0 spiro atoms. The van der Waals surface area contributed by atoms with Gasteiger partial charge < -0.3 is 0 Å². The minimum Gasteiger partial charge on any atom is -0.247 e. The van der Waals surface area contributed by atoms with Crippen LogP contribution in [0.1, 0.15) is 32.2 Å². The summed E-state index contributed by atoms with van der Waals surface area (Å²) in [6.45, 7) is 8.34. The fourth-order valence-corrected chi connectivity index (χ4v) is 2.00. The molecular weight excluding hydrogens is 226 g/mol. The van der Waals surface area contributed by atoms with E-state index >= 15 is 0 Å². The molecule has 0 fully saturated rings. The number of aryl methyl sites for hydroxylation is 2. The maximum atomic E-state index is 11.9. The SMILES string of the molecule is Cc1nn(C)c(=O)n1-c1ccc(C(C)(C)C)cc1. The summed E-state index contributed by atoms with van der Waals surface area (Å²) in [4.78, 5) is 11.9. The van der Waals surface area contributed by atoms with E-state index in [2.05, 4.69) is 38.0 Å². The summed E-state index contributed by atoms with van der Waals surface area (Å²) in [5.41, 5.74) is 2.11. The minimum absolute atomic E-state index is 0.115. The molecule has 18 heavy (non-hydrogen) atoms. The molecule has 0 aliphatic heterocycles. The molecule has 4 nitrogen and oxygen atoms in total. The number of hydrogen-bond acceptors (Lipinski definition) is 2. The molecule has 2 aromatic rings. The van der Waals surface area contributed by atoms with Gasteiger partial charge in [-0.3, -0.25) is 0 Å². The van der Waals surface area contributed by atoms with E-state index in [1.165, 1.54) is 10.2 Å². The normalized spacial score (nSPS) is 11.8. The van der Waals surface area contributed by atoms with Gasteiger partial charge in [0.15, 0.2) is 0 Å². The number of nitrogens with zero attached hydrogens (tertiary/aromatic N) is 3. The zero-order valence-electron chi connectivity index (χ0n) is 11.6. The summed E-state index contributed by atoms with van der Waals surface area (Å²) in [6.07, 6.45) is 0. The van der Waals surface area contributed by atoms with Gasteiger partial charge in [0.25, 0.3) is 0 Å².